The van der Waals surface area contributed by atoms with Gasteiger partial charge in [-0.25, -0.2) is 18.1 Å². The average molecular weight is 388 g/mol. The normalized spacial score (nSPS) is 20.0. The van der Waals surface area contributed by atoms with Crippen molar-refractivity contribution in [1.29, 1.82) is 0 Å². The summed E-state index contributed by atoms with van der Waals surface area (Å²) in [6, 6.07) is 6.07. The van der Waals surface area contributed by atoms with E-state index in [1.54, 1.807) is 24.3 Å². The molecular weight excluding hydrogens is 373 g/mol. The van der Waals surface area contributed by atoms with Crippen LogP contribution in [0.3, 0.4) is 0 Å². The van der Waals surface area contributed by atoms with E-state index >= 15 is 0 Å². The third-order valence-corrected chi connectivity index (χ3v) is 4.55. The molecule has 0 unspecified atom stereocenters. The number of ether oxygens (including phenoxy) is 1. The number of benzene rings is 1. The fourth-order valence-electron chi connectivity index (χ4n) is 2.84. The molecule has 1 aromatic carbocycles. The summed E-state index contributed by atoms with van der Waals surface area (Å²) in [4.78, 5) is 6.90. The number of nitrogen functional groups attached to an aromatic ring is 1. The van der Waals surface area contributed by atoms with Crippen LogP contribution >= 0.6 is 0 Å². The Morgan fingerprint density at radius 3 is 2.65 bits per heavy atom. The molecule has 0 saturated carbocycles. The van der Waals surface area contributed by atoms with Crippen molar-refractivity contribution in [2.45, 2.75) is 24.7 Å². The van der Waals surface area contributed by atoms with Crippen molar-refractivity contribution < 1.29 is 26.3 Å². The molecule has 0 spiro atoms. The molecule has 0 saturated heterocycles. The second-order valence-electron chi connectivity index (χ2n) is 5.87. The van der Waals surface area contributed by atoms with Gasteiger partial charge in [0, 0.05) is 12.6 Å². The van der Waals surface area contributed by atoms with Gasteiger partial charge in [0.2, 0.25) is 21.9 Å². The summed E-state index contributed by atoms with van der Waals surface area (Å²) in [6.45, 7) is 0. The summed E-state index contributed by atoms with van der Waals surface area (Å²) in [6.07, 6.45) is -3.94. The Balaban J connectivity index is 1.98. The maximum atomic E-state index is 13.2. The molecule has 140 valence electrons. The number of fused-ring (bicyclic) bond motifs is 1. The molecule has 3 rings (SSSR count). The number of halogens is 3. The first-order valence-electron chi connectivity index (χ1n) is 7.46. The number of aromatic nitrogens is 2. The third-order valence-electron chi connectivity index (χ3n) is 3.86. The summed E-state index contributed by atoms with van der Waals surface area (Å²) in [5.41, 5.74) is 5.61. The second kappa shape index (κ2) is 6.40. The summed E-state index contributed by atoms with van der Waals surface area (Å²) >= 11 is 0. The van der Waals surface area contributed by atoms with Gasteiger partial charge in [-0.3, -0.25) is 0 Å². The van der Waals surface area contributed by atoms with Crippen LogP contribution in [0.15, 0.2) is 30.5 Å². The lowest BCUT2D eigenvalue weighted by Gasteiger charge is -2.23. The van der Waals surface area contributed by atoms with E-state index in [2.05, 4.69) is 14.7 Å². The van der Waals surface area contributed by atoms with Gasteiger partial charge in [0.15, 0.2) is 0 Å². The van der Waals surface area contributed by atoms with Crippen LogP contribution in [0.2, 0.25) is 0 Å². The molecule has 26 heavy (non-hydrogen) atoms. The molecule has 0 amide bonds. The fraction of sp³-hybridized carbons (Fsp3) is 0.333. The van der Waals surface area contributed by atoms with Gasteiger partial charge < -0.3 is 10.5 Å². The smallest absolute Gasteiger partial charge is 0.423 e. The van der Waals surface area contributed by atoms with Crippen molar-refractivity contribution in [2.24, 2.45) is 0 Å². The number of hydrogen-bond donors (Lipinski definition) is 2. The summed E-state index contributed by atoms with van der Waals surface area (Å²) in [7, 11) is -3.63. The first-order valence-corrected chi connectivity index (χ1v) is 9.35. The standard InChI is InChI=1S/C15H15F3N4O3S/c1-26(23,24)22-12-9-5-3-2-4-8(9)6-11(12)25-13-10(15(16,17)18)7-20-14(19)21-13/h2-5,7,11-12,22H,6H2,1H3,(H2,19,20,21)/t11-,12-/m1/s1. The number of sulfonamides is 1. The van der Waals surface area contributed by atoms with Crippen molar-refractivity contribution in [3.8, 4) is 5.88 Å². The Bertz CT molecular complexity index is 934. The lowest BCUT2D eigenvalue weighted by atomic mass is 10.1. The van der Waals surface area contributed by atoms with Gasteiger partial charge in [0.25, 0.3) is 0 Å². The maximum Gasteiger partial charge on any atom is 0.423 e. The van der Waals surface area contributed by atoms with E-state index in [1.165, 1.54) is 0 Å². The first kappa shape index (κ1) is 18.4. The minimum atomic E-state index is -4.74. The molecule has 0 bridgehead atoms. The van der Waals surface area contributed by atoms with Gasteiger partial charge in [-0.1, -0.05) is 24.3 Å². The van der Waals surface area contributed by atoms with Gasteiger partial charge >= 0.3 is 6.18 Å². The Labute approximate surface area is 147 Å². The molecule has 1 aliphatic carbocycles. The van der Waals surface area contributed by atoms with Crippen LogP contribution in [-0.4, -0.2) is 30.7 Å². The lowest BCUT2D eigenvalue weighted by Crippen LogP contribution is -2.36. The highest BCUT2D eigenvalue weighted by Crippen LogP contribution is 2.39. The first-order chi connectivity index (χ1) is 12.0. The zero-order valence-corrected chi connectivity index (χ0v) is 14.3. The second-order valence-corrected chi connectivity index (χ2v) is 7.65. The van der Waals surface area contributed by atoms with E-state index in [1.807, 2.05) is 0 Å². The van der Waals surface area contributed by atoms with Crippen LogP contribution in [0.4, 0.5) is 19.1 Å². The Morgan fingerprint density at radius 1 is 1.31 bits per heavy atom. The van der Waals surface area contributed by atoms with Crippen molar-refractivity contribution in [3.63, 3.8) is 0 Å². The quantitative estimate of drug-likeness (QED) is 0.825. The van der Waals surface area contributed by atoms with E-state index in [9.17, 15) is 21.6 Å². The number of nitrogens with two attached hydrogens (primary N) is 1. The van der Waals surface area contributed by atoms with Gasteiger partial charge in [-0.05, 0) is 11.1 Å². The number of hydrogen-bond acceptors (Lipinski definition) is 6. The fourth-order valence-corrected chi connectivity index (χ4v) is 3.58. The minimum absolute atomic E-state index is 0.213. The highest BCUT2D eigenvalue weighted by molar-refractivity contribution is 7.88. The van der Waals surface area contributed by atoms with Crippen molar-refractivity contribution in [1.82, 2.24) is 14.7 Å². The largest absolute Gasteiger partial charge is 0.471 e. The van der Waals surface area contributed by atoms with E-state index in [4.69, 9.17) is 10.5 Å². The number of nitrogens with zero attached hydrogens (tertiary/aromatic N) is 2. The zero-order valence-electron chi connectivity index (χ0n) is 13.5. The molecule has 1 aromatic heterocycles. The molecule has 2 aromatic rings. The Kier molecular flexibility index (Phi) is 4.53. The highest BCUT2D eigenvalue weighted by atomic mass is 32.2. The Morgan fingerprint density at radius 2 is 2.00 bits per heavy atom. The molecular formula is C15H15F3N4O3S. The van der Waals surface area contributed by atoms with Crippen LogP contribution < -0.4 is 15.2 Å². The van der Waals surface area contributed by atoms with Crippen LogP contribution in [0.5, 0.6) is 5.88 Å². The summed E-state index contributed by atoms with van der Waals surface area (Å²) in [5, 5.41) is 0. The van der Waals surface area contributed by atoms with Gasteiger partial charge in [0.05, 0.1) is 12.3 Å². The van der Waals surface area contributed by atoms with Crippen molar-refractivity contribution >= 4 is 16.0 Å². The Hall–Kier alpha value is -2.40. The SMILES string of the molecule is CS(=O)(=O)N[C@@H]1c2ccccc2C[C@H]1Oc1nc(N)ncc1C(F)(F)F. The average Bonchev–Trinajstić information content (AvgIpc) is 2.82. The van der Waals surface area contributed by atoms with Crippen LogP contribution in [0.25, 0.3) is 0 Å². The molecule has 0 aliphatic heterocycles. The maximum absolute atomic E-state index is 13.2. The third kappa shape index (κ3) is 3.88. The molecule has 1 aliphatic rings. The molecule has 3 N–H and O–H groups in total. The van der Waals surface area contributed by atoms with Crippen LogP contribution in [0.1, 0.15) is 22.7 Å². The predicted octanol–water partition coefficient (Wildman–Crippen LogP) is 1.67. The molecule has 0 radical (unpaired) electrons. The van der Waals surface area contributed by atoms with Gasteiger partial charge in [-0.15, -0.1) is 0 Å². The molecule has 1 heterocycles. The number of rotatable bonds is 4. The minimum Gasteiger partial charge on any atom is -0.471 e. The zero-order chi connectivity index (χ0) is 19.1. The summed E-state index contributed by atoms with van der Waals surface area (Å²) < 4.78 is 70.8. The van der Waals surface area contributed by atoms with Gasteiger partial charge in [0.1, 0.15) is 11.7 Å². The van der Waals surface area contributed by atoms with Crippen LogP contribution in [-0.2, 0) is 22.6 Å². The van der Waals surface area contributed by atoms with E-state index in [-0.39, 0.29) is 12.4 Å². The molecule has 2 atom stereocenters. The highest BCUT2D eigenvalue weighted by Gasteiger charge is 2.40. The van der Waals surface area contributed by atoms with Crippen molar-refractivity contribution in [2.75, 3.05) is 12.0 Å². The predicted molar refractivity (Wildman–Crippen MR) is 86.7 cm³/mol. The monoisotopic (exact) mass is 388 g/mol. The molecule has 11 heteroatoms. The van der Waals surface area contributed by atoms with E-state index in [0.717, 1.165) is 11.8 Å². The lowest BCUT2D eigenvalue weighted by molar-refractivity contribution is -0.140. The molecule has 0 fully saturated rings. The van der Waals surface area contributed by atoms with Crippen molar-refractivity contribution in [3.05, 3.63) is 47.2 Å². The number of alkyl halides is 3. The summed E-state index contributed by atoms with van der Waals surface area (Å²) in [5.74, 6) is -1.11. The number of nitrogens with one attached hydrogen (secondary N) is 1. The van der Waals surface area contributed by atoms with E-state index < -0.39 is 39.8 Å². The van der Waals surface area contributed by atoms with Gasteiger partial charge in [-0.2, -0.15) is 18.2 Å². The molecule has 7 nitrogen and oxygen atoms in total. The topological polar surface area (TPSA) is 107 Å². The van der Waals surface area contributed by atoms with Crippen LogP contribution in [0, 0.1) is 0 Å². The number of anilines is 1. The van der Waals surface area contributed by atoms with E-state index in [0.29, 0.717) is 11.8 Å².